The number of benzene rings is 2. The third-order valence-electron chi connectivity index (χ3n) is 3.33. The van der Waals surface area contributed by atoms with Crippen LogP contribution in [0.3, 0.4) is 0 Å². The highest BCUT2D eigenvalue weighted by atomic mass is 16.6. The van der Waals surface area contributed by atoms with Crippen molar-refractivity contribution < 1.29 is 14.3 Å². The van der Waals surface area contributed by atoms with Crippen molar-refractivity contribution in [2.45, 2.75) is 45.8 Å². The van der Waals surface area contributed by atoms with Crippen molar-refractivity contribution in [1.29, 1.82) is 0 Å². The van der Waals surface area contributed by atoms with Gasteiger partial charge in [0.1, 0.15) is 5.60 Å². The van der Waals surface area contributed by atoms with Gasteiger partial charge in [-0.2, -0.15) is 0 Å². The van der Waals surface area contributed by atoms with Gasteiger partial charge in [0.2, 0.25) is 0 Å². The maximum Gasteiger partial charge on any atom is 0.407 e. The van der Waals surface area contributed by atoms with Gasteiger partial charge < -0.3 is 10.1 Å². The molecule has 2 aromatic carbocycles. The summed E-state index contributed by atoms with van der Waals surface area (Å²) >= 11 is 0. The number of Topliss-reactive ketones (excluding diaryl/α,β-unsaturated/α-hetero) is 1. The first-order chi connectivity index (χ1) is 10.7. The number of carbonyl (C=O) groups is 2. The first-order valence-corrected chi connectivity index (χ1v) is 7.76. The Labute approximate surface area is 136 Å². The van der Waals surface area contributed by atoms with Crippen LogP contribution >= 0.6 is 0 Å². The van der Waals surface area contributed by atoms with Crippen molar-refractivity contribution in [2.75, 3.05) is 0 Å². The van der Waals surface area contributed by atoms with Crippen LogP contribution in [0.4, 0.5) is 4.79 Å². The normalized spacial score (nSPS) is 12.7. The van der Waals surface area contributed by atoms with Gasteiger partial charge in [0, 0.05) is 18.0 Å². The van der Waals surface area contributed by atoms with E-state index in [-0.39, 0.29) is 18.2 Å². The number of rotatable bonds is 4. The first-order valence-electron chi connectivity index (χ1n) is 7.76. The largest absolute Gasteiger partial charge is 0.444 e. The van der Waals surface area contributed by atoms with E-state index in [9.17, 15) is 9.59 Å². The van der Waals surface area contributed by atoms with Crippen LogP contribution in [0.25, 0.3) is 10.8 Å². The Bertz CT molecular complexity index is 716. The molecule has 122 valence electrons. The van der Waals surface area contributed by atoms with Crippen molar-refractivity contribution in [2.24, 2.45) is 0 Å². The molecule has 0 fully saturated rings. The Morgan fingerprint density at radius 1 is 1.09 bits per heavy atom. The van der Waals surface area contributed by atoms with Crippen molar-refractivity contribution in [3.05, 3.63) is 48.0 Å². The number of fused-ring (bicyclic) bond motifs is 1. The van der Waals surface area contributed by atoms with Gasteiger partial charge in [-0.3, -0.25) is 4.79 Å². The highest BCUT2D eigenvalue weighted by molar-refractivity contribution is 6.00. The summed E-state index contributed by atoms with van der Waals surface area (Å²) < 4.78 is 5.19. The molecule has 1 atom stereocenters. The average Bonchev–Trinajstić information content (AvgIpc) is 2.44. The molecule has 2 rings (SSSR count). The van der Waals surface area contributed by atoms with Crippen LogP contribution in [0.15, 0.2) is 42.5 Å². The van der Waals surface area contributed by atoms with Crippen molar-refractivity contribution in [3.63, 3.8) is 0 Å². The second kappa shape index (κ2) is 6.82. The molecular formula is C19H23NO3. The molecule has 2 aromatic rings. The van der Waals surface area contributed by atoms with E-state index >= 15 is 0 Å². The predicted molar refractivity (Wildman–Crippen MR) is 91.7 cm³/mol. The van der Waals surface area contributed by atoms with Crippen LogP contribution in [0.5, 0.6) is 0 Å². The predicted octanol–water partition coefficient (Wildman–Crippen LogP) is 4.33. The van der Waals surface area contributed by atoms with Gasteiger partial charge in [-0.1, -0.05) is 36.4 Å². The van der Waals surface area contributed by atoms with E-state index < -0.39 is 11.7 Å². The summed E-state index contributed by atoms with van der Waals surface area (Å²) in [6, 6.07) is 13.3. The van der Waals surface area contributed by atoms with Crippen LogP contribution < -0.4 is 5.32 Å². The molecule has 0 saturated carbocycles. The Hall–Kier alpha value is -2.36. The zero-order valence-corrected chi connectivity index (χ0v) is 14.1. The van der Waals surface area contributed by atoms with Crippen LogP contribution in [-0.4, -0.2) is 23.5 Å². The summed E-state index contributed by atoms with van der Waals surface area (Å²) in [6.45, 7) is 7.20. The van der Waals surface area contributed by atoms with E-state index in [1.807, 2.05) is 42.5 Å². The molecule has 0 aliphatic heterocycles. The van der Waals surface area contributed by atoms with Crippen LogP contribution in [0.1, 0.15) is 44.5 Å². The minimum Gasteiger partial charge on any atom is -0.444 e. The summed E-state index contributed by atoms with van der Waals surface area (Å²) in [5.74, 6) is -0.000637. The maximum absolute atomic E-state index is 12.4. The van der Waals surface area contributed by atoms with Gasteiger partial charge in [-0.15, -0.1) is 0 Å². The van der Waals surface area contributed by atoms with E-state index in [4.69, 9.17) is 4.74 Å². The molecule has 23 heavy (non-hydrogen) atoms. The molecule has 0 heterocycles. The standard InChI is InChI=1S/C19H23NO3/c1-13(20-18(22)23-19(2,3)4)11-17(21)16-10-9-14-7-5-6-8-15(14)12-16/h5-10,12-13H,11H2,1-4H3,(H,20,22). The summed E-state index contributed by atoms with van der Waals surface area (Å²) in [5.41, 5.74) is 0.105. The Kier molecular flexibility index (Phi) is 5.04. The molecule has 4 heteroatoms. The Morgan fingerprint density at radius 2 is 1.74 bits per heavy atom. The fourth-order valence-corrected chi connectivity index (χ4v) is 2.32. The zero-order chi connectivity index (χ0) is 17.0. The molecule has 0 aliphatic carbocycles. The van der Waals surface area contributed by atoms with Crippen molar-refractivity contribution in [3.8, 4) is 0 Å². The summed E-state index contributed by atoms with van der Waals surface area (Å²) in [5, 5.41) is 4.83. The highest BCUT2D eigenvalue weighted by Crippen LogP contribution is 2.17. The lowest BCUT2D eigenvalue weighted by Gasteiger charge is -2.21. The van der Waals surface area contributed by atoms with E-state index in [1.54, 1.807) is 27.7 Å². The van der Waals surface area contributed by atoms with Crippen LogP contribution in [0.2, 0.25) is 0 Å². The summed E-state index contributed by atoms with van der Waals surface area (Å²) in [7, 11) is 0. The third kappa shape index (κ3) is 5.09. The van der Waals surface area contributed by atoms with E-state index in [1.165, 1.54) is 0 Å². The number of carbonyl (C=O) groups excluding carboxylic acids is 2. The number of ketones is 1. The smallest absolute Gasteiger partial charge is 0.407 e. The molecule has 1 N–H and O–H groups in total. The van der Waals surface area contributed by atoms with Gasteiger partial charge in [-0.05, 0) is 44.5 Å². The number of amides is 1. The third-order valence-corrected chi connectivity index (χ3v) is 3.33. The second-order valence-electron chi connectivity index (χ2n) is 6.74. The molecule has 0 bridgehead atoms. The van der Waals surface area contributed by atoms with E-state index in [0.29, 0.717) is 5.56 Å². The van der Waals surface area contributed by atoms with E-state index in [0.717, 1.165) is 10.8 Å². The first kappa shape index (κ1) is 17.0. The van der Waals surface area contributed by atoms with E-state index in [2.05, 4.69) is 5.32 Å². The van der Waals surface area contributed by atoms with Gasteiger partial charge >= 0.3 is 6.09 Å². The Balaban J connectivity index is 1.98. The highest BCUT2D eigenvalue weighted by Gasteiger charge is 2.19. The zero-order valence-electron chi connectivity index (χ0n) is 14.1. The molecule has 0 radical (unpaired) electrons. The number of alkyl carbamates (subject to hydrolysis) is 1. The lowest BCUT2D eigenvalue weighted by molar-refractivity contribution is 0.0506. The SMILES string of the molecule is CC(CC(=O)c1ccc2ccccc2c1)NC(=O)OC(C)(C)C. The minimum atomic E-state index is -0.549. The lowest BCUT2D eigenvalue weighted by atomic mass is 10.0. The minimum absolute atomic E-state index is 0.000637. The number of hydrogen-bond acceptors (Lipinski definition) is 3. The van der Waals surface area contributed by atoms with Gasteiger partial charge in [0.05, 0.1) is 0 Å². The molecule has 1 amide bonds. The number of hydrogen-bond donors (Lipinski definition) is 1. The number of nitrogens with one attached hydrogen (secondary N) is 1. The monoisotopic (exact) mass is 313 g/mol. The Morgan fingerprint density at radius 3 is 2.39 bits per heavy atom. The average molecular weight is 313 g/mol. The molecule has 0 spiro atoms. The fourth-order valence-electron chi connectivity index (χ4n) is 2.32. The van der Waals surface area contributed by atoms with Crippen LogP contribution in [0, 0.1) is 0 Å². The van der Waals surface area contributed by atoms with Gasteiger partial charge in [0.15, 0.2) is 5.78 Å². The van der Waals surface area contributed by atoms with Crippen molar-refractivity contribution in [1.82, 2.24) is 5.32 Å². The number of ether oxygens (including phenoxy) is 1. The maximum atomic E-state index is 12.4. The molecular weight excluding hydrogens is 290 g/mol. The molecule has 1 unspecified atom stereocenters. The fraction of sp³-hybridized carbons (Fsp3) is 0.368. The molecule has 0 saturated heterocycles. The van der Waals surface area contributed by atoms with Crippen LogP contribution in [-0.2, 0) is 4.74 Å². The molecule has 0 aromatic heterocycles. The quantitative estimate of drug-likeness (QED) is 0.855. The molecule has 0 aliphatic rings. The molecule has 4 nitrogen and oxygen atoms in total. The lowest BCUT2D eigenvalue weighted by Crippen LogP contribution is -2.38. The summed E-state index contributed by atoms with van der Waals surface area (Å²) in [4.78, 5) is 24.1. The summed E-state index contributed by atoms with van der Waals surface area (Å²) in [6.07, 6.45) is -0.270. The van der Waals surface area contributed by atoms with Gasteiger partial charge in [0.25, 0.3) is 0 Å². The topological polar surface area (TPSA) is 55.4 Å². The van der Waals surface area contributed by atoms with Crippen molar-refractivity contribution >= 4 is 22.6 Å². The second-order valence-corrected chi connectivity index (χ2v) is 6.74. The van der Waals surface area contributed by atoms with Gasteiger partial charge in [-0.25, -0.2) is 4.79 Å².